The minimum absolute atomic E-state index is 0.211. The van der Waals surface area contributed by atoms with Crippen molar-refractivity contribution in [2.75, 3.05) is 32.1 Å². The maximum atomic E-state index is 12.6. The second-order valence-corrected chi connectivity index (χ2v) is 6.77. The first-order chi connectivity index (χ1) is 10.4. The van der Waals surface area contributed by atoms with Crippen LogP contribution in [0.3, 0.4) is 0 Å². The van der Waals surface area contributed by atoms with Crippen LogP contribution in [0.2, 0.25) is 0 Å². The Morgan fingerprint density at radius 3 is 2.45 bits per heavy atom. The molecule has 6 nitrogen and oxygen atoms in total. The van der Waals surface area contributed by atoms with Crippen LogP contribution in [-0.4, -0.2) is 45.4 Å². The predicted octanol–water partition coefficient (Wildman–Crippen LogP) is 2.00. The third-order valence-corrected chi connectivity index (χ3v) is 5.52. The van der Waals surface area contributed by atoms with Crippen LogP contribution in [0, 0.1) is 6.92 Å². The van der Waals surface area contributed by atoms with Crippen molar-refractivity contribution in [2.45, 2.75) is 32.1 Å². The summed E-state index contributed by atoms with van der Waals surface area (Å²) in [5, 5.41) is 2.69. The Labute approximate surface area is 132 Å². The van der Waals surface area contributed by atoms with Gasteiger partial charge in [-0.1, -0.05) is 19.9 Å². The highest BCUT2D eigenvalue weighted by Crippen LogP contribution is 2.23. The van der Waals surface area contributed by atoms with Crippen molar-refractivity contribution < 1.29 is 17.9 Å². The van der Waals surface area contributed by atoms with Crippen LogP contribution in [0.15, 0.2) is 23.1 Å². The van der Waals surface area contributed by atoms with Crippen molar-refractivity contribution in [3.05, 3.63) is 23.8 Å². The normalized spacial score (nSPS) is 11.7. The molecule has 1 aromatic carbocycles. The summed E-state index contributed by atoms with van der Waals surface area (Å²) in [4.78, 5) is 11.9. The largest absolute Gasteiger partial charge is 0.384 e. The third kappa shape index (κ3) is 4.53. The number of carbonyl (C=O) groups excluding carboxylic acids is 1. The Hall–Kier alpha value is -1.44. The molecule has 22 heavy (non-hydrogen) atoms. The standard InChI is InChI=1S/C15H24N2O4S/c1-5-17(6-2)22(19,20)14-11-13(8-7-12(14)3)16-15(18)9-10-21-4/h7-8,11H,5-6,9-10H2,1-4H3,(H,16,18). The Kier molecular flexibility index (Phi) is 6.99. The molecule has 124 valence electrons. The molecule has 0 fully saturated rings. The Morgan fingerprint density at radius 1 is 1.27 bits per heavy atom. The summed E-state index contributed by atoms with van der Waals surface area (Å²) in [6.45, 7) is 6.47. The summed E-state index contributed by atoms with van der Waals surface area (Å²) in [5.74, 6) is -0.211. The van der Waals surface area contributed by atoms with E-state index in [1.807, 2.05) is 0 Å². The van der Waals surface area contributed by atoms with Crippen LogP contribution in [0.4, 0.5) is 5.69 Å². The number of hydrogen-bond donors (Lipinski definition) is 1. The SMILES string of the molecule is CCN(CC)S(=O)(=O)c1cc(NC(=O)CCOC)ccc1C. The second kappa shape index (κ2) is 8.26. The van der Waals surface area contributed by atoms with Gasteiger partial charge in [0.1, 0.15) is 0 Å². The van der Waals surface area contributed by atoms with Gasteiger partial charge in [-0.05, 0) is 24.6 Å². The lowest BCUT2D eigenvalue weighted by atomic mass is 10.2. The zero-order valence-corrected chi connectivity index (χ0v) is 14.4. The van der Waals surface area contributed by atoms with Gasteiger partial charge in [0.15, 0.2) is 0 Å². The number of sulfonamides is 1. The molecule has 1 N–H and O–H groups in total. The van der Waals surface area contributed by atoms with Gasteiger partial charge in [0.2, 0.25) is 15.9 Å². The molecule has 0 heterocycles. The summed E-state index contributed by atoms with van der Waals surface area (Å²) in [6.07, 6.45) is 0.225. The van der Waals surface area contributed by atoms with Gasteiger partial charge in [-0.2, -0.15) is 4.31 Å². The first-order valence-electron chi connectivity index (χ1n) is 7.26. The molecule has 0 aliphatic rings. The predicted molar refractivity (Wildman–Crippen MR) is 86.4 cm³/mol. The highest BCUT2D eigenvalue weighted by atomic mass is 32.2. The van der Waals surface area contributed by atoms with Gasteiger partial charge in [-0.15, -0.1) is 0 Å². The number of amides is 1. The number of ether oxygens (including phenoxy) is 1. The van der Waals surface area contributed by atoms with E-state index in [1.54, 1.807) is 32.9 Å². The molecule has 0 bridgehead atoms. The Bertz CT molecular complexity index is 610. The zero-order chi connectivity index (χ0) is 16.8. The first kappa shape index (κ1) is 18.6. The first-order valence-corrected chi connectivity index (χ1v) is 8.70. The Morgan fingerprint density at radius 2 is 1.91 bits per heavy atom. The summed E-state index contributed by atoms with van der Waals surface area (Å²) < 4.78 is 31.5. The number of benzene rings is 1. The molecule has 0 aliphatic carbocycles. The van der Waals surface area contributed by atoms with Gasteiger partial charge in [0.25, 0.3) is 0 Å². The monoisotopic (exact) mass is 328 g/mol. The molecule has 0 saturated heterocycles. The maximum Gasteiger partial charge on any atom is 0.243 e. The highest BCUT2D eigenvalue weighted by molar-refractivity contribution is 7.89. The lowest BCUT2D eigenvalue weighted by molar-refractivity contribution is -0.117. The number of nitrogens with zero attached hydrogens (tertiary/aromatic N) is 1. The fourth-order valence-corrected chi connectivity index (χ4v) is 3.79. The van der Waals surface area contributed by atoms with E-state index < -0.39 is 10.0 Å². The molecule has 0 spiro atoms. The van der Waals surface area contributed by atoms with Crippen LogP contribution in [-0.2, 0) is 19.6 Å². The molecule has 0 unspecified atom stereocenters. The average Bonchev–Trinajstić information content (AvgIpc) is 2.48. The van der Waals surface area contributed by atoms with Crippen molar-refractivity contribution in [3.8, 4) is 0 Å². The van der Waals surface area contributed by atoms with Crippen molar-refractivity contribution >= 4 is 21.6 Å². The van der Waals surface area contributed by atoms with E-state index in [4.69, 9.17) is 4.74 Å². The number of aryl methyl sites for hydroxylation is 1. The van der Waals surface area contributed by atoms with E-state index in [0.717, 1.165) is 0 Å². The van der Waals surface area contributed by atoms with Crippen LogP contribution >= 0.6 is 0 Å². The van der Waals surface area contributed by atoms with E-state index in [-0.39, 0.29) is 17.2 Å². The average molecular weight is 328 g/mol. The van der Waals surface area contributed by atoms with E-state index in [1.165, 1.54) is 17.5 Å². The number of anilines is 1. The van der Waals surface area contributed by atoms with Crippen molar-refractivity contribution in [2.24, 2.45) is 0 Å². The minimum Gasteiger partial charge on any atom is -0.384 e. The molecule has 1 amide bonds. The van der Waals surface area contributed by atoms with Crippen molar-refractivity contribution in [1.29, 1.82) is 0 Å². The lowest BCUT2D eigenvalue weighted by Gasteiger charge is -2.20. The fourth-order valence-electron chi connectivity index (χ4n) is 2.08. The van der Waals surface area contributed by atoms with E-state index in [2.05, 4.69) is 5.32 Å². The van der Waals surface area contributed by atoms with Gasteiger partial charge in [-0.25, -0.2) is 8.42 Å². The van der Waals surface area contributed by atoms with Crippen LogP contribution in [0.1, 0.15) is 25.8 Å². The molecule has 1 aromatic rings. The van der Waals surface area contributed by atoms with Crippen molar-refractivity contribution in [3.63, 3.8) is 0 Å². The Balaban J connectivity index is 3.07. The number of carbonyl (C=O) groups is 1. The summed E-state index contributed by atoms with van der Waals surface area (Å²) in [6, 6.07) is 4.90. The van der Waals surface area contributed by atoms with Crippen LogP contribution in [0.5, 0.6) is 0 Å². The molecule has 0 atom stereocenters. The molecule has 0 radical (unpaired) electrons. The molecule has 7 heteroatoms. The van der Waals surface area contributed by atoms with Gasteiger partial charge in [0.05, 0.1) is 17.9 Å². The summed E-state index contributed by atoms with van der Waals surface area (Å²) in [5.41, 5.74) is 1.12. The van der Waals surface area contributed by atoms with Gasteiger partial charge < -0.3 is 10.1 Å². The molecule has 0 saturated carbocycles. The summed E-state index contributed by atoms with van der Waals surface area (Å²) in [7, 11) is -2.03. The smallest absolute Gasteiger partial charge is 0.243 e. The van der Waals surface area contributed by atoms with Gasteiger partial charge in [0, 0.05) is 25.9 Å². The molecular formula is C15H24N2O4S. The quantitative estimate of drug-likeness (QED) is 0.792. The number of methoxy groups -OCH3 is 1. The molecular weight excluding hydrogens is 304 g/mol. The topological polar surface area (TPSA) is 75.7 Å². The van der Waals surface area contributed by atoms with E-state index in [9.17, 15) is 13.2 Å². The number of hydrogen-bond acceptors (Lipinski definition) is 4. The number of nitrogens with one attached hydrogen (secondary N) is 1. The van der Waals surface area contributed by atoms with Gasteiger partial charge in [-0.3, -0.25) is 4.79 Å². The molecule has 0 aromatic heterocycles. The van der Waals surface area contributed by atoms with Crippen LogP contribution < -0.4 is 5.32 Å². The van der Waals surface area contributed by atoms with E-state index >= 15 is 0 Å². The fraction of sp³-hybridized carbons (Fsp3) is 0.533. The van der Waals surface area contributed by atoms with E-state index in [0.29, 0.717) is 30.9 Å². The van der Waals surface area contributed by atoms with Crippen LogP contribution in [0.25, 0.3) is 0 Å². The minimum atomic E-state index is -3.55. The molecule has 1 rings (SSSR count). The third-order valence-electron chi connectivity index (χ3n) is 3.33. The highest BCUT2D eigenvalue weighted by Gasteiger charge is 2.24. The zero-order valence-electron chi connectivity index (χ0n) is 13.5. The summed E-state index contributed by atoms with van der Waals surface area (Å²) >= 11 is 0. The lowest BCUT2D eigenvalue weighted by Crippen LogP contribution is -2.31. The molecule has 0 aliphatic heterocycles. The van der Waals surface area contributed by atoms with Gasteiger partial charge >= 0.3 is 0 Å². The second-order valence-electron chi connectivity index (χ2n) is 4.86. The number of rotatable bonds is 8. The maximum absolute atomic E-state index is 12.6. The van der Waals surface area contributed by atoms with Crippen molar-refractivity contribution in [1.82, 2.24) is 4.31 Å².